The topological polar surface area (TPSA) is 78.4 Å². The molecule has 0 N–H and O–H groups in total. The Labute approximate surface area is 154 Å². The lowest BCUT2D eigenvalue weighted by Gasteiger charge is -2.23. The summed E-state index contributed by atoms with van der Waals surface area (Å²) in [6.45, 7) is 0.406. The van der Waals surface area contributed by atoms with Crippen molar-refractivity contribution in [1.29, 1.82) is 0 Å². The van der Waals surface area contributed by atoms with Gasteiger partial charge in [0.2, 0.25) is 0 Å². The van der Waals surface area contributed by atoms with Gasteiger partial charge in [-0.3, -0.25) is 4.21 Å². The van der Waals surface area contributed by atoms with Crippen LogP contribution in [0.2, 0.25) is 0 Å². The van der Waals surface area contributed by atoms with Gasteiger partial charge in [0.25, 0.3) is 0 Å². The highest BCUT2D eigenvalue weighted by Gasteiger charge is 2.29. The van der Waals surface area contributed by atoms with E-state index in [1.165, 1.54) is 4.31 Å². The van der Waals surface area contributed by atoms with E-state index in [9.17, 15) is 8.76 Å². The molecule has 1 fully saturated rings. The first-order valence-corrected chi connectivity index (χ1v) is 9.43. The summed E-state index contributed by atoms with van der Waals surface area (Å²) in [6, 6.07) is 13.7. The fourth-order valence-corrected chi connectivity index (χ4v) is 3.72. The molecule has 0 bridgehead atoms. The maximum atomic E-state index is 11.4. The predicted octanol–water partition coefficient (Wildman–Crippen LogP) is 3.06. The molecule has 1 saturated carbocycles. The molecule has 1 aromatic heterocycles. The second-order valence-electron chi connectivity index (χ2n) is 6.33. The zero-order chi connectivity index (χ0) is 18.1. The van der Waals surface area contributed by atoms with Crippen LogP contribution >= 0.6 is 0 Å². The number of nitrogens with zero attached hydrogens (tertiary/aromatic N) is 3. The van der Waals surface area contributed by atoms with Crippen molar-refractivity contribution >= 4 is 22.2 Å². The van der Waals surface area contributed by atoms with E-state index in [0.717, 1.165) is 46.3 Å². The smallest absolute Gasteiger partial charge is 0.121 e. The van der Waals surface area contributed by atoms with Gasteiger partial charge in [-0.2, -0.15) is 0 Å². The third kappa shape index (κ3) is 3.46. The Kier molecular flexibility index (Phi) is 4.67. The number of methoxy groups -OCH3 is 1. The average Bonchev–Trinajstić information content (AvgIpc) is 3.50. The van der Waals surface area contributed by atoms with E-state index < -0.39 is 11.3 Å². The van der Waals surface area contributed by atoms with Gasteiger partial charge in [-0.1, -0.05) is 24.3 Å². The molecule has 0 amide bonds. The minimum Gasteiger partial charge on any atom is -0.760 e. The van der Waals surface area contributed by atoms with Crippen LogP contribution in [0.15, 0.2) is 48.8 Å². The molecule has 2 aromatic carbocycles. The summed E-state index contributed by atoms with van der Waals surface area (Å²) in [5, 5.41) is 0.946. The Morgan fingerprint density at radius 2 is 1.96 bits per heavy atom. The van der Waals surface area contributed by atoms with E-state index in [1.54, 1.807) is 13.4 Å². The van der Waals surface area contributed by atoms with E-state index in [1.807, 2.05) is 42.5 Å². The highest BCUT2D eigenvalue weighted by molar-refractivity contribution is 7.76. The normalized spacial score (nSPS) is 15.3. The van der Waals surface area contributed by atoms with E-state index >= 15 is 0 Å². The minimum atomic E-state index is -2.18. The number of hydrogen-bond donors (Lipinski definition) is 0. The lowest BCUT2D eigenvalue weighted by Crippen LogP contribution is -2.27. The standard InChI is InChI=1S/C19H19N3O3S/c1-25-16-8-9-17-18(10-16)20-12-21-19(17)14-4-2-13(3-5-14)11-22(26(23)24)15-6-7-15/h2-5,8-10,12,15H,6-7,11H2,1H3,(H,23,24)/p-1. The number of ether oxygens (including phenoxy) is 1. The summed E-state index contributed by atoms with van der Waals surface area (Å²) in [4.78, 5) is 8.74. The molecule has 0 saturated heterocycles. The monoisotopic (exact) mass is 368 g/mol. The largest absolute Gasteiger partial charge is 0.760 e. The Morgan fingerprint density at radius 3 is 2.62 bits per heavy atom. The Morgan fingerprint density at radius 1 is 1.19 bits per heavy atom. The molecule has 1 aliphatic rings. The zero-order valence-corrected chi connectivity index (χ0v) is 15.1. The molecule has 0 radical (unpaired) electrons. The van der Waals surface area contributed by atoms with Gasteiger partial charge in [0.15, 0.2) is 0 Å². The number of aromatic nitrogens is 2. The highest BCUT2D eigenvalue weighted by atomic mass is 32.2. The van der Waals surface area contributed by atoms with Gasteiger partial charge < -0.3 is 9.29 Å². The Balaban J connectivity index is 1.62. The number of hydrogen-bond acceptors (Lipinski definition) is 5. The van der Waals surface area contributed by atoms with Gasteiger partial charge in [0.05, 0.1) is 18.3 Å². The van der Waals surface area contributed by atoms with Crippen molar-refractivity contribution in [2.45, 2.75) is 25.4 Å². The van der Waals surface area contributed by atoms with Crippen molar-refractivity contribution in [2.24, 2.45) is 0 Å². The molecule has 1 heterocycles. The molecule has 3 aromatic rings. The van der Waals surface area contributed by atoms with Crippen LogP contribution in [0.1, 0.15) is 18.4 Å². The third-order valence-corrected chi connectivity index (χ3v) is 5.37. The molecule has 1 atom stereocenters. The maximum absolute atomic E-state index is 11.4. The molecule has 26 heavy (non-hydrogen) atoms. The van der Waals surface area contributed by atoms with Crippen molar-refractivity contribution in [1.82, 2.24) is 14.3 Å². The maximum Gasteiger partial charge on any atom is 0.121 e. The number of benzene rings is 2. The van der Waals surface area contributed by atoms with Gasteiger partial charge >= 0.3 is 0 Å². The quantitative estimate of drug-likeness (QED) is 0.625. The first-order valence-electron chi connectivity index (χ1n) is 8.40. The first kappa shape index (κ1) is 17.1. The van der Waals surface area contributed by atoms with Gasteiger partial charge in [-0.15, -0.1) is 0 Å². The highest BCUT2D eigenvalue weighted by Crippen LogP contribution is 2.31. The van der Waals surface area contributed by atoms with Crippen LogP contribution in [0.3, 0.4) is 0 Å². The summed E-state index contributed by atoms with van der Waals surface area (Å²) in [5.74, 6) is 0.753. The lowest BCUT2D eigenvalue weighted by molar-refractivity contribution is 0.376. The van der Waals surface area contributed by atoms with Crippen LogP contribution in [-0.2, 0) is 17.8 Å². The van der Waals surface area contributed by atoms with Crippen LogP contribution in [-0.4, -0.2) is 36.2 Å². The first-order chi connectivity index (χ1) is 12.7. The van der Waals surface area contributed by atoms with Crippen molar-refractivity contribution in [2.75, 3.05) is 7.11 Å². The molecule has 134 valence electrons. The zero-order valence-electron chi connectivity index (χ0n) is 14.3. The second kappa shape index (κ2) is 7.11. The molecule has 0 aliphatic heterocycles. The van der Waals surface area contributed by atoms with Crippen molar-refractivity contribution in [3.8, 4) is 17.0 Å². The summed E-state index contributed by atoms with van der Waals surface area (Å²) in [7, 11) is 1.63. The Hall–Kier alpha value is -2.35. The SMILES string of the molecule is COc1ccc2c(-c3ccc(CN(C4CC4)S(=O)[O-])cc3)ncnc2c1. The lowest BCUT2D eigenvalue weighted by atomic mass is 10.0. The number of fused-ring (bicyclic) bond motifs is 1. The molecule has 0 spiro atoms. The summed E-state index contributed by atoms with van der Waals surface area (Å²) >= 11 is -2.18. The van der Waals surface area contributed by atoms with Gasteiger partial charge in [-0.25, -0.2) is 14.3 Å². The molecular formula is C19H18N3O3S-. The minimum absolute atomic E-state index is 0.161. The van der Waals surface area contributed by atoms with E-state index in [2.05, 4.69) is 9.97 Å². The van der Waals surface area contributed by atoms with Crippen molar-refractivity contribution in [3.63, 3.8) is 0 Å². The van der Waals surface area contributed by atoms with Crippen molar-refractivity contribution < 1.29 is 13.5 Å². The number of rotatable bonds is 6. The molecular weight excluding hydrogens is 350 g/mol. The van der Waals surface area contributed by atoms with Crippen LogP contribution in [0, 0.1) is 0 Å². The predicted molar refractivity (Wildman–Crippen MR) is 99.0 cm³/mol. The summed E-state index contributed by atoms with van der Waals surface area (Å²) in [5.41, 5.74) is 3.59. The van der Waals surface area contributed by atoms with Gasteiger partial charge in [0.1, 0.15) is 12.1 Å². The van der Waals surface area contributed by atoms with E-state index in [-0.39, 0.29) is 6.04 Å². The summed E-state index contributed by atoms with van der Waals surface area (Å²) in [6.07, 6.45) is 3.44. The average molecular weight is 368 g/mol. The third-order valence-electron chi connectivity index (χ3n) is 4.56. The van der Waals surface area contributed by atoms with E-state index in [0.29, 0.717) is 6.54 Å². The fourth-order valence-electron chi connectivity index (χ4n) is 3.01. The molecule has 4 rings (SSSR count). The van der Waals surface area contributed by atoms with Gasteiger partial charge in [0, 0.05) is 40.9 Å². The second-order valence-corrected chi connectivity index (χ2v) is 7.23. The Bertz CT molecular complexity index is 958. The van der Waals surface area contributed by atoms with E-state index in [4.69, 9.17) is 4.74 Å². The van der Waals surface area contributed by atoms with Crippen LogP contribution in [0.25, 0.3) is 22.2 Å². The van der Waals surface area contributed by atoms with Crippen LogP contribution in [0.5, 0.6) is 5.75 Å². The van der Waals surface area contributed by atoms with Crippen molar-refractivity contribution in [3.05, 3.63) is 54.4 Å². The van der Waals surface area contributed by atoms with Crippen LogP contribution < -0.4 is 4.74 Å². The van der Waals surface area contributed by atoms with Crippen LogP contribution in [0.4, 0.5) is 0 Å². The molecule has 1 aliphatic carbocycles. The van der Waals surface area contributed by atoms with Gasteiger partial charge in [-0.05, 0) is 30.5 Å². The fraction of sp³-hybridized carbons (Fsp3) is 0.263. The molecule has 6 nitrogen and oxygen atoms in total. The molecule has 7 heteroatoms. The summed E-state index contributed by atoms with van der Waals surface area (Å²) < 4.78 is 29.5. The molecule has 1 unspecified atom stereocenters.